The summed E-state index contributed by atoms with van der Waals surface area (Å²) in [4.78, 5) is 10.9. The van der Waals surface area contributed by atoms with Crippen LogP contribution in [0.3, 0.4) is 0 Å². The topological polar surface area (TPSA) is 37.3 Å². The van der Waals surface area contributed by atoms with Gasteiger partial charge in [-0.3, -0.25) is 0 Å². The third kappa shape index (κ3) is 1.51. The lowest BCUT2D eigenvalue weighted by atomic mass is 10.1. The van der Waals surface area contributed by atoms with Crippen molar-refractivity contribution < 1.29 is 9.90 Å². The summed E-state index contributed by atoms with van der Waals surface area (Å²) in [5.41, 5.74) is 0.337. The highest BCUT2D eigenvalue weighted by atomic mass is 79.9. The van der Waals surface area contributed by atoms with E-state index in [1.54, 1.807) is 12.1 Å². The van der Waals surface area contributed by atoms with Gasteiger partial charge in [-0.25, -0.2) is 4.79 Å². The molecule has 70 valence electrons. The molecule has 0 fully saturated rings. The van der Waals surface area contributed by atoms with E-state index in [1.807, 2.05) is 24.3 Å². The van der Waals surface area contributed by atoms with Crippen LogP contribution in [0.2, 0.25) is 0 Å². The van der Waals surface area contributed by atoms with Gasteiger partial charge in [-0.05, 0) is 29.0 Å². The van der Waals surface area contributed by atoms with Gasteiger partial charge >= 0.3 is 5.97 Å². The summed E-state index contributed by atoms with van der Waals surface area (Å²) in [5, 5.41) is 10.7. The Morgan fingerprint density at radius 2 is 2.00 bits per heavy atom. The second-order valence-electron chi connectivity index (χ2n) is 2.98. The Balaban J connectivity index is 2.84. The fourth-order valence-corrected chi connectivity index (χ4v) is 1.79. The Kier molecular flexibility index (Phi) is 2.25. The highest BCUT2D eigenvalue weighted by molar-refractivity contribution is 9.10. The van der Waals surface area contributed by atoms with Gasteiger partial charge in [0.1, 0.15) is 0 Å². The Labute approximate surface area is 89.3 Å². The molecule has 3 heteroatoms. The molecule has 0 heterocycles. The van der Waals surface area contributed by atoms with E-state index >= 15 is 0 Å². The summed E-state index contributed by atoms with van der Waals surface area (Å²) in [5.74, 6) is -0.895. The van der Waals surface area contributed by atoms with E-state index in [1.165, 1.54) is 0 Å². The standard InChI is InChI=1S/C11H7BrO2/c12-8-5-4-7-2-1-3-9(11(13)14)10(7)6-8/h1-6H,(H,13,14). The number of rotatable bonds is 1. The SMILES string of the molecule is O=C(O)c1cccc2ccc(Br)cc12. The first-order chi connectivity index (χ1) is 6.68. The van der Waals surface area contributed by atoms with Crippen molar-refractivity contribution in [2.24, 2.45) is 0 Å². The first kappa shape index (κ1) is 9.21. The fraction of sp³-hybridized carbons (Fsp3) is 0. The second kappa shape index (κ2) is 3.42. The Hall–Kier alpha value is -1.35. The molecule has 0 unspecified atom stereocenters. The van der Waals surface area contributed by atoms with Crippen LogP contribution >= 0.6 is 15.9 Å². The molecule has 0 aromatic heterocycles. The van der Waals surface area contributed by atoms with Crippen molar-refractivity contribution in [1.29, 1.82) is 0 Å². The average molecular weight is 251 g/mol. The summed E-state index contributed by atoms with van der Waals surface area (Å²) in [6, 6.07) is 10.9. The number of carbonyl (C=O) groups is 1. The third-order valence-electron chi connectivity index (χ3n) is 2.07. The van der Waals surface area contributed by atoms with Gasteiger partial charge in [-0.2, -0.15) is 0 Å². The number of aromatic carboxylic acids is 1. The van der Waals surface area contributed by atoms with Gasteiger partial charge in [0.05, 0.1) is 5.56 Å². The molecule has 0 bridgehead atoms. The lowest BCUT2D eigenvalue weighted by Gasteiger charge is -2.02. The van der Waals surface area contributed by atoms with Crippen LogP contribution in [0.25, 0.3) is 10.8 Å². The van der Waals surface area contributed by atoms with E-state index in [0.717, 1.165) is 15.2 Å². The largest absolute Gasteiger partial charge is 0.478 e. The highest BCUT2D eigenvalue weighted by Crippen LogP contribution is 2.22. The van der Waals surface area contributed by atoms with Crippen LogP contribution in [0.15, 0.2) is 40.9 Å². The molecule has 1 N–H and O–H groups in total. The molecule has 0 aliphatic heterocycles. The van der Waals surface area contributed by atoms with Gasteiger partial charge in [-0.1, -0.05) is 34.1 Å². The van der Waals surface area contributed by atoms with Crippen molar-refractivity contribution in [2.75, 3.05) is 0 Å². The van der Waals surface area contributed by atoms with Gasteiger partial charge in [-0.15, -0.1) is 0 Å². The molecular formula is C11H7BrO2. The maximum atomic E-state index is 10.9. The minimum Gasteiger partial charge on any atom is -0.478 e. The zero-order valence-electron chi connectivity index (χ0n) is 7.20. The maximum Gasteiger partial charge on any atom is 0.336 e. The number of halogens is 1. The van der Waals surface area contributed by atoms with E-state index in [2.05, 4.69) is 15.9 Å². The van der Waals surface area contributed by atoms with Crippen LogP contribution in [0.4, 0.5) is 0 Å². The van der Waals surface area contributed by atoms with Gasteiger partial charge in [0.25, 0.3) is 0 Å². The first-order valence-electron chi connectivity index (χ1n) is 4.10. The minimum absolute atomic E-state index is 0.337. The van der Waals surface area contributed by atoms with Gasteiger partial charge in [0.15, 0.2) is 0 Å². The van der Waals surface area contributed by atoms with Gasteiger partial charge in [0.2, 0.25) is 0 Å². The normalized spacial score (nSPS) is 10.4. The monoisotopic (exact) mass is 250 g/mol. The Bertz CT molecular complexity index is 506. The Morgan fingerprint density at radius 3 is 2.71 bits per heavy atom. The van der Waals surface area contributed by atoms with Crippen LogP contribution in [0.1, 0.15) is 10.4 Å². The summed E-state index contributed by atoms with van der Waals surface area (Å²) < 4.78 is 0.888. The summed E-state index contributed by atoms with van der Waals surface area (Å²) in [6.07, 6.45) is 0. The molecule has 2 nitrogen and oxygen atoms in total. The molecule has 0 saturated carbocycles. The van der Waals surface area contributed by atoms with Crippen LogP contribution < -0.4 is 0 Å². The van der Waals surface area contributed by atoms with Crippen LogP contribution in [0.5, 0.6) is 0 Å². The van der Waals surface area contributed by atoms with Gasteiger partial charge in [0, 0.05) is 4.47 Å². The van der Waals surface area contributed by atoms with Crippen molar-refractivity contribution >= 4 is 32.7 Å². The zero-order chi connectivity index (χ0) is 10.1. The summed E-state index contributed by atoms with van der Waals surface area (Å²) >= 11 is 3.32. The Morgan fingerprint density at radius 1 is 1.21 bits per heavy atom. The maximum absolute atomic E-state index is 10.9. The molecule has 0 radical (unpaired) electrons. The number of fused-ring (bicyclic) bond motifs is 1. The minimum atomic E-state index is -0.895. The van der Waals surface area contributed by atoms with Crippen molar-refractivity contribution in [2.45, 2.75) is 0 Å². The van der Waals surface area contributed by atoms with E-state index in [0.29, 0.717) is 5.56 Å². The van der Waals surface area contributed by atoms with Crippen molar-refractivity contribution in [3.63, 3.8) is 0 Å². The second-order valence-corrected chi connectivity index (χ2v) is 3.89. The average Bonchev–Trinajstić information content (AvgIpc) is 2.16. The number of benzene rings is 2. The molecule has 0 atom stereocenters. The molecule has 2 aromatic carbocycles. The van der Waals surface area contributed by atoms with E-state index < -0.39 is 5.97 Å². The third-order valence-corrected chi connectivity index (χ3v) is 2.57. The molecule has 2 rings (SSSR count). The number of carboxylic acids is 1. The smallest absolute Gasteiger partial charge is 0.336 e. The predicted molar refractivity (Wildman–Crippen MR) is 58.6 cm³/mol. The fourth-order valence-electron chi connectivity index (χ4n) is 1.43. The summed E-state index contributed by atoms with van der Waals surface area (Å²) in [7, 11) is 0. The van der Waals surface area contributed by atoms with Crippen LogP contribution in [-0.4, -0.2) is 11.1 Å². The predicted octanol–water partition coefficient (Wildman–Crippen LogP) is 3.30. The number of hydrogen-bond acceptors (Lipinski definition) is 1. The van der Waals surface area contributed by atoms with Gasteiger partial charge < -0.3 is 5.11 Å². The van der Waals surface area contributed by atoms with Crippen molar-refractivity contribution in [1.82, 2.24) is 0 Å². The summed E-state index contributed by atoms with van der Waals surface area (Å²) in [6.45, 7) is 0. The first-order valence-corrected chi connectivity index (χ1v) is 4.89. The van der Waals surface area contributed by atoms with Crippen molar-refractivity contribution in [3.05, 3.63) is 46.4 Å². The van der Waals surface area contributed by atoms with Crippen molar-refractivity contribution in [3.8, 4) is 0 Å². The molecule has 0 amide bonds. The van der Waals surface area contributed by atoms with Crippen LogP contribution in [0, 0.1) is 0 Å². The van der Waals surface area contributed by atoms with Crippen LogP contribution in [-0.2, 0) is 0 Å². The quantitative estimate of drug-likeness (QED) is 0.844. The molecule has 0 saturated heterocycles. The van der Waals surface area contributed by atoms with E-state index in [4.69, 9.17) is 5.11 Å². The lowest BCUT2D eigenvalue weighted by molar-refractivity contribution is 0.0699. The molecule has 2 aromatic rings. The molecule has 0 aliphatic carbocycles. The van der Waals surface area contributed by atoms with E-state index in [-0.39, 0.29) is 0 Å². The molecule has 0 spiro atoms. The molecular weight excluding hydrogens is 244 g/mol. The van der Waals surface area contributed by atoms with E-state index in [9.17, 15) is 4.79 Å². The molecule has 14 heavy (non-hydrogen) atoms. The molecule has 0 aliphatic rings. The lowest BCUT2D eigenvalue weighted by Crippen LogP contribution is -1.96. The number of carboxylic acid groups (broad SMARTS) is 1. The number of hydrogen-bond donors (Lipinski definition) is 1. The highest BCUT2D eigenvalue weighted by Gasteiger charge is 2.07. The zero-order valence-corrected chi connectivity index (χ0v) is 8.78.